The SMILES string of the molecule is C=C(CC)CC(NN)C(C)(C)S(C)(=O)=O. The molecule has 1 unspecified atom stereocenters. The molecule has 0 heterocycles. The van der Waals surface area contributed by atoms with E-state index in [4.69, 9.17) is 5.84 Å². The second-order valence-electron chi connectivity index (χ2n) is 4.40. The number of sulfone groups is 1. The number of hydrogen-bond donors (Lipinski definition) is 2. The van der Waals surface area contributed by atoms with E-state index >= 15 is 0 Å². The van der Waals surface area contributed by atoms with Crippen LogP contribution >= 0.6 is 0 Å². The van der Waals surface area contributed by atoms with Crippen LogP contribution in [0.15, 0.2) is 12.2 Å². The van der Waals surface area contributed by atoms with Crippen molar-refractivity contribution in [1.29, 1.82) is 0 Å². The summed E-state index contributed by atoms with van der Waals surface area (Å²) in [5, 5.41) is 0. The van der Waals surface area contributed by atoms with Gasteiger partial charge in [0.1, 0.15) is 0 Å². The average Bonchev–Trinajstić information content (AvgIpc) is 2.11. The highest BCUT2D eigenvalue weighted by atomic mass is 32.2. The van der Waals surface area contributed by atoms with Gasteiger partial charge in [0.15, 0.2) is 9.84 Å². The number of rotatable bonds is 6. The Morgan fingerprint density at radius 1 is 1.53 bits per heavy atom. The summed E-state index contributed by atoms with van der Waals surface area (Å²) in [6.45, 7) is 9.21. The molecule has 15 heavy (non-hydrogen) atoms. The van der Waals surface area contributed by atoms with Crippen molar-refractivity contribution in [2.75, 3.05) is 6.26 Å². The Balaban J connectivity index is 4.90. The lowest BCUT2D eigenvalue weighted by molar-refractivity contribution is 0.410. The highest BCUT2D eigenvalue weighted by Crippen LogP contribution is 2.24. The minimum atomic E-state index is -3.15. The highest BCUT2D eigenvalue weighted by Gasteiger charge is 2.38. The molecule has 1 atom stereocenters. The zero-order valence-corrected chi connectivity index (χ0v) is 10.8. The van der Waals surface area contributed by atoms with Gasteiger partial charge in [-0.05, 0) is 26.7 Å². The molecule has 0 rings (SSSR count). The third-order valence-corrected chi connectivity index (χ3v) is 5.18. The summed E-state index contributed by atoms with van der Waals surface area (Å²) in [6.07, 6.45) is 2.64. The van der Waals surface area contributed by atoms with E-state index in [1.165, 1.54) is 6.26 Å². The fourth-order valence-corrected chi connectivity index (χ4v) is 1.87. The van der Waals surface area contributed by atoms with Crippen LogP contribution in [0.2, 0.25) is 0 Å². The molecule has 90 valence electrons. The van der Waals surface area contributed by atoms with Crippen LogP contribution < -0.4 is 11.3 Å². The third kappa shape index (κ3) is 3.59. The average molecular weight is 234 g/mol. The number of hydrogen-bond acceptors (Lipinski definition) is 4. The van der Waals surface area contributed by atoms with Gasteiger partial charge in [0.25, 0.3) is 0 Å². The summed E-state index contributed by atoms with van der Waals surface area (Å²) in [4.78, 5) is 0. The summed E-state index contributed by atoms with van der Waals surface area (Å²) in [5.74, 6) is 5.40. The van der Waals surface area contributed by atoms with Gasteiger partial charge in [0, 0.05) is 12.3 Å². The molecular weight excluding hydrogens is 212 g/mol. The zero-order chi connectivity index (χ0) is 12.3. The second kappa shape index (κ2) is 5.09. The summed E-state index contributed by atoms with van der Waals surface area (Å²) >= 11 is 0. The van der Waals surface area contributed by atoms with E-state index in [0.29, 0.717) is 6.42 Å². The number of nitrogens with one attached hydrogen (secondary N) is 1. The molecule has 0 amide bonds. The standard InChI is InChI=1S/C10H22N2O2S/c1-6-8(2)7-9(12-11)10(3,4)15(5,13)14/h9,12H,2,6-7,11H2,1,3-5H3. The minimum Gasteiger partial charge on any atom is -0.271 e. The van der Waals surface area contributed by atoms with Gasteiger partial charge in [-0.3, -0.25) is 11.3 Å². The second-order valence-corrected chi connectivity index (χ2v) is 7.00. The van der Waals surface area contributed by atoms with Crippen LogP contribution in [-0.2, 0) is 9.84 Å². The molecule has 0 aromatic rings. The number of hydrazine groups is 1. The van der Waals surface area contributed by atoms with Crippen LogP contribution in [0.3, 0.4) is 0 Å². The van der Waals surface area contributed by atoms with Gasteiger partial charge >= 0.3 is 0 Å². The van der Waals surface area contributed by atoms with Crippen molar-refractivity contribution < 1.29 is 8.42 Å². The molecule has 0 spiro atoms. The molecule has 4 nitrogen and oxygen atoms in total. The third-order valence-electron chi connectivity index (χ3n) is 2.99. The van der Waals surface area contributed by atoms with Gasteiger partial charge in [-0.15, -0.1) is 0 Å². The van der Waals surface area contributed by atoms with E-state index < -0.39 is 14.6 Å². The first-order valence-corrected chi connectivity index (χ1v) is 6.88. The maximum atomic E-state index is 11.6. The lowest BCUT2D eigenvalue weighted by Crippen LogP contribution is -2.54. The van der Waals surface area contributed by atoms with Gasteiger partial charge in [0.05, 0.1) is 4.75 Å². The zero-order valence-electron chi connectivity index (χ0n) is 10.0. The van der Waals surface area contributed by atoms with Crippen molar-refractivity contribution in [3.05, 3.63) is 12.2 Å². The molecule has 0 aliphatic rings. The summed E-state index contributed by atoms with van der Waals surface area (Å²) < 4.78 is 22.3. The molecule has 0 aromatic carbocycles. The van der Waals surface area contributed by atoms with Crippen molar-refractivity contribution in [3.8, 4) is 0 Å². The maximum absolute atomic E-state index is 11.6. The lowest BCUT2D eigenvalue weighted by atomic mass is 9.96. The largest absolute Gasteiger partial charge is 0.271 e. The summed E-state index contributed by atoms with van der Waals surface area (Å²) in [7, 11) is -3.15. The predicted molar refractivity (Wildman–Crippen MR) is 64.1 cm³/mol. The van der Waals surface area contributed by atoms with E-state index in [9.17, 15) is 8.42 Å². The Morgan fingerprint density at radius 3 is 2.27 bits per heavy atom. The van der Waals surface area contributed by atoms with Crippen LogP contribution in [0, 0.1) is 0 Å². The Bertz CT molecular complexity index is 320. The fourth-order valence-electron chi connectivity index (χ4n) is 1.20. The maximum Gasteiger partial charge on any atom is 0.154 e. The van der Waals surface area contributed by atoms with E-state index in [0.717, 1.165) is 12.0 Å². The molecule has 3 N–H and O–H groups in total. The van der Waals surface area contributed by atoms with Crippen LogP contribution in [0.25, 0.3) is 0 Å². The van der Waals surface area contributed by atoms with E-state index in [1.807, 2.05) is 6.92 Å². The molecule has 0 aliphatic heterocycles. The molecule has 0 bridgehead atoms. The number of nitrogens with two attached hydrogens (primary N) is 1. The van der Waals surface area contributed by atoms with Crippen LogP contribution in [0.1, 0.15) is 33.6 Å². The van der Waals surface area contributed by atoms with E-state index in [-0.39, 0.29) is 6.04 Å². The van der Waals surface area contributed by atoms with Crippen molar-refractivity contribution >= 4 is 9.84 Å². The Labute approximate surface area is 92.8 Å². The van der Waals surface area contributed by atoms with Crippen LogP contribution in [0.5, 0.6) is 0 Å². The smallest absolute Gasteiger partial charge is 0.154 e. The quantitative estimate of drug-likeness (QED) is 0.408. The lowest BCUT2D eigenvalue weighted by Gasteiger charge is -2.32. The van der Waals surface area contributed by atoms with Crippen molar-refractivity contribution in [2.24, 2.45) is 5.84 Å². The molecule has 0 aromatic heterocycles. The van der Waals surface area contributed by atoms with Gasteiger partial charge < -0.3 is 0 Å². The predicted octanol–water partition coefficient (Wildman–Crippen LogP) is 0.998. The normalized spacial score (nSPS) is 15.0. The Hall–Kier alpha value is -0.390. The highest BCUT2D eigenvalue weighted by molar-refractivity contribution is 7.92. The first-order chi connectivity index (χ1) is 6.66. The molecule has 0 saturated heterocycles. The Morgan fingerprint density at radius 2 is 2.00 bits per heavy atom. The van der Waals surface area contributed by atoms with Crippen molar-refractivity contribution in [3.63, 3.8) is 0 Å². The van der Waals surface area contributed by atoms with Crippen LogP contribution in [0.4, 0.5) is 0 Å². The van der Waals surface area contributed by atoms with Crippen LogP contribution in [-0.4, -0.2) is 25.5 Å². The van der Waals surface area contributed by atoms with Gasteiger partial charge in [0.2, 0.25) is 0 Å². The Kier molecular flexibility index (Phi) is 4.96. The molecular formula is C10H22N2O2S. The molecule has 0 radical (unpaired) electrons. The van der Waals surface area contributed by atoms with Crippen molar-refractivity contribution in [2.45, 2.75) is 44.4 Å². The molecule has 0 saturated carbocycles. The first-order valence-electron chi connectivity index (χ1n) is 4.99. The van der Waals surface area contributed by atoms with Gasteiger partial charge in [-0.25, -0.2) is 8.42 Å². The topological polar surface area (TPSA) is 72.2 Å². The molecule has 0 aliphatic carbocycles. The van der Waals surface area contributed by atoms with Gasteiger partial charge in [-0.1, -0.05) is 19.1 Å². The summed E-state index contributed by atoms with van der Waals surface area (Å²) in [6, 6.07) is -0.306. The molecule has 0 fully saturated rings. The molecule has 5 heteroatoms. The minimum absolute atomic E-state index is 0.306. The van der Waals surface area contributed by atoms with Crippen molar-refractivity contribution in [1.82, 2.24) is 5.43 Å². The first kappa shape index (κ1) is 14.6. The fraction of sp³-hybridized carbons (Fsp3) is 0.800. The van der Waals surface area contributed by atoms with E-state index in [1.54, 1.807) is 13.8 Å². The summed E-state index contributed by atoms with van der Waals surface area (Å²) in [5.41, 5.74) is 3.57. The monoisotopic (exact) mass is 234 g/mol. The van der Waals surface area contributed by atoms with Gasteiger partial charge in [-0.2, -0.15) is 0 Å². The van der Waals surface area contributed by atoms with E-state index in [2.05, 4.69) is 12.0 Å².